The fourth-order valence-corrected chi connectivity index (χ4v) is 5.63. The monoisotopic (exact) mass is 408 g/mol. The second kappa shape index (κ2) is 7.85. The molecule has 30 heavy (non-hydrogen) atoms. The number of likely N-dealkylation sites (tertiary alicyclic amines) is 1. The molecule has 1 aromatic carbocycles. The van der Waals surface area contributed by atoms with Gasteiger partial charge in [0, 0.05) is 44.9 Å². The lowest BCUT2D eigenvalue weighted by atomic mass is 9.76. The summed E-state index contributed by atoms with van der Waals surface area (Å²) in [4.78, 5) is 48.8. The van der Waals surface area contributed by atoms with Gasteiger partial charge < -0.3 is 14.8 Å². The second-order valence-corrected chi connectivity index (χ2v) is 9.05. The summed E-state index contributed by atoms with van der Waals surface area (Å²) in [5.74, 6) is 1.95. The normalized spacial score (nSPS) is 26.0. The van der Waals surface area contributed by atoms with Crippen LogP contribution in [0.2, 0.25) is 0 Å². The van der Waals surface area contributed by atoms with Gasteiger partial charge in [0.05, 0.1) is 10.9 Å². The molecule has 3 aliphatic rings. The van der Waals surface area contributed by atoms with E-state index >= 15 is 0 Å². The standard InChI is InChI=1S/C23H28N4O3/c28-21(9-4-8-20-24-18-6-2-1-5-17(18)23(30)25-20)26-12-15-11-16(14-26)19-7-3-10-22(29)27(19)13-15/h1-2,5-6,15-16,19H,3-4,7-14H2,(H,24,25,30). The van der Waals surface area contributed by atoms with Gasteiger partial charge in [-0.2, -0.15) is 0 Å². The third-order valence-corrected chi connectivity index (χ3v) is 7.00. The number of hydrogen-bond donors (Lipinski definition) is 1. The van der Waals surface area contributed by atoms with Gasteiger partial charge in [0.15, 0.2) is 0 Å². The Balaban J connectivity index is 1.19. The smallest absolute Gasteiger partial charge is 0.258 e. The van der Waals surface area contributed by atoms with Gasteiger partial charge in [-0.15, -0.1) is 0 Å². The summed E-state index contributed by atoms with van der Waals surface area (Å²) in [7, 11) is 0. The number of H-pyrrole nitrogens is 1. The van der Waals surface area contributed by atoms with Crippen LogP contribution in [0.25, 0.3) is 10.9 Å². The van der Waals surface area contributed by atoms with Crippen molar-refractivity contribution in [3.05, 3.63) is 40.4 Å². The Hall–Kier alpha value is -2.70. The lowest BCUT2D eigenvalue weighted by Gasteiger charge is -2.52. The molecule has 3 saturated heterocycles. The van der Waals surface area contributed by atoms with E-state index in [9.17, 15) is 14.4 Å². The average molecular weight is 409 g/mol. The summed E-state index contributed by atoms with van der Waals surface area (Å²) in [5, 5.41) is 0.590. The number of nitrogens with zero attached hydrogens (tertiary/aromatic N) is 3. The van der Waals surface area contributed by atoms with E-state index in [-0.39, 0.29) is 11.5 Å². The highest BCUT2D eigenvalue weighted by atomic mass is 16.2. The molecule has 3 fully saturated rings. The number of para-hydroxylation sites is 1. The predicted molar refractivity (Wildman–Crippen MR) is 113 cm³/mol. The number of benzene rings is 1. The first-order valence-electron chi connectivity index (χ1n) is 11.1. The zero-order valence-corrected chi connectivity index (χ0v) is 17.2. The molecule has 7 heteroatoms. The number of nitrogens with one attached hydrogen (secondary N) is 1. The quantitative estimate of drug-likeness (QED) is 0.840. The van der Waals surface area contributed by atoms with Crippen molar-refractivity contribution in [3.8, 4) is 0 Å². The number of fused-ring (bicyclic) bond motifs is 5. The van der Waals surface area contributed by atoms with E-state index in [2.05, 4.69) is 14.9 Å². The van der Waals surface area contributed by atoms with Crippen LogP contribution < -0.4 is 5.56 Å². The van der Waals surface area contributed by atoms with E-state index in [0.717, 1.165) is 38.9 Å². The van der Waals surface area contributed by atoms with Gasteiger partial charge in [-0.25, -0.2) is 4.98 Å². The molecule has 3 aliphatic heterocycles. The summed E-state index contributed by atoms with van der Waals surface area (Å²) < 4.78 is 0. The number of carbonyl (C=O) groups is 2. The van der Waals surface area contributed by atoms with Crippen LogP contribution >= 0.6 is 0 Å². The van der Waals surface area contributed by atoms with Crippen molar-refractivity contribution >= 4 is 22.7 Å². The lowest BCUT2D eigenvalue weighted by molar-refractivity contribution is -0.148. The molecule has 1 aromatic heterocycles. The van der Waals surface area contributed by atoms with Crippen molar-refractivity contribution in [2.45, 2.75) is 51.0 Å². The first-order chi connectivity index (χ1) is 14.6. The van der Waals surface area contributed by atoms with Crippen LogP contribution in [0.4, 0.5) is 0 Å². The molecular formula is C23H28N4O3. The number of amides is 2. The maximum atomic E-state index is 12.9. The van der Waals surface area contributed by atoms with Crippen molar-refractivity contribution in [1.29, 1.82) is 0 Å². The van der Waals surface area contributed by atoms with E-state index in [1.807, 2.05) is 23.1 Å². The third-order valence-electron chi connectivity index (χ3n) is 7.00. The molecule has 0 saturated carbocycles. The maximum Gasteiger partial charge on any atom is 0.258 e. The highest BCUT2D eigenvalue weighted by Crippen LogP contribution is 2.38. The van der Waals surface area contributed by atoms with Gasteiger partial charge in [-0.05, 0) is 49.7 Å². The van der Waals surface area contributed by atoms with Crippen molar-refractivity contribution in [1.82, 2.24) is 19.8 Å². The summed E-state index contributed by atoms with van der Waals surface area (Å²) in [5.41, 5.74) is 0.565. The first-order valence-corrected chi connectivity index (χ1v) is 11.1. The Bertz CT molecular complexity index is 1030. The summed E-state index contributed by atoms with van der Waals surface area (Å²) in [6.45, 7) is 2.34. The number of hydrogen-bond acceptors (Lipinski definition) is 4. The molecule has 4 heterocycles. The Labute approximate surface area is 175 Å². The Kier molecular flexibility index (Phi) is 5.05. The number of rotatable bonds is 4. The minimum absolute atomic E-state index is 0.127. The molecule has 3 unspecified atom stereocenters. The molecule has 7 nitrogen and oxygen atoms in total. The van der Waals surface area contributed by atoms with Gasteiger partial charge >= 0.3 is 0 Å². The number of aromatic amines is 1. The molecule has 0 radical (unpaired) electrons. The van der Waals surface area contributed by atoms with E-state index in [0.29, 0.717) is 66.2 Å². The van der Waals surface area contributed by atoms with E-state index < -0.39 is 0 Å². The van der Waals surface area contributed by atoms with Gasteiger partial charge in [-0.1, -0.05) is 12.1 Å². The zero-order chi connectivity index (χ0) is 20.7. The molecule has 2 amide bonds. The van der Waals surface area contributed by atoms with E-state index in [1.165, 1.54) is 0 Å². The fraction of sp³-hybridized carbons (Fsp3) is 0.565. The summed E-state index contributed by atoms with van der Waals surface area (Å²) in [6, 6.07) is 7.63. The second-order valence-electron chi connectivity index (χ2n) is 9.05. The van der Waals surface area contributed by atoms with Crippen molar-refractivity contribution in [2.75, 3.05) is 19.6 Å². The van der Waals surface area contributed by atoms with E-state index in [4.69, 9.17) is 0 Å². The molecule has 2 bridgehead atoms. The minimum atomic E-state index is -0.127. The Morgan fingerprint density at radius 1 is 1.17 bits per heavy atom. The fourth-order valence-electron chi connectivity index (χ4n) is 5.63. The van der Waals surface area contributed by atoms with Crippen LogP contribution in [0.3, 0.4) is 0 Å². The van der Waals surface area contributed by atoms with Crippen LogP contribution in [-0.4, -0.2) is 57.3 Å². The maximum absolute atomic E-state index is 12.9. The van der Waals surface area contributed by atoms with Gasteiger partial charge in [0.2, 0.25) is 11.8 Å². The highest BCUT2D eigenvalue weighted by Gasteiger charge is 2.44. The highest BCUT2D eigenvalue weighted by molar-refractivity contribution is 5.78. The topological polar surface area (TPSA) is 86.4 Å². The third kappa shape index (κ3) is 3.61. The zero-order valence-electron chi connectivity index (χ0n) is 17.2. The van der Waals surface area contributed by atoms with Gasteiger partial charge in [-0.3, -0.25) is 14.4 Å². The average Bonchev–Trinajstić information content (AvgIpc) is 2.74. The van der Waals surface area contributed by atoms with E-state index in [1.54, 1.807) is 6.07 Å². The molecule has 3 atom stereocenters. The van der Waals surface area contributed by atoms with Crippen molar-refractivity contribution < 1.29 is 9.59 Å². The van der Waals surface area contributed by atoms with Gasteiger partial charge in [0.1, 0.15) is 5.82 Å². The number of aryl methyl sites for hydroxylation is 1. The van der Waals surface area contributed by atoms with Crippen LogP contribution in [0, 0.1) is 11.8 Å². The molecule has 158 valence electrons. The molecule has 0 aliphatic carbocycles. The van der Waals surface area contributed by atoms with Crippen molar-refractivity contribution in [3.63, 3.8) is 0 Å². The number of carbonyl (C=O) groups excluding carboxylic acids is 2. The van der Waals surface area contributed by atoms with Crippen LogP contribution in [0.1, 0.15) is 44.3 Å². The van der Waals surface area contributed by atoms with Gasteiger partial charge in [0.25, 0.3) is 5.56 Å². The Morgan fingerprint density at radius 3 is 2.93 bits per heavy atom. The number of piperidine rings is 3. The van der Waals surface area contributed by atoms with Crippen LogP contribution in [0.5, 0.6) is 0 Å². The summed E-state index contributed by atoms with van der Waals surface area (Å²) in [6.07, 6.45) is 5.59. The lowest BCUT2D eigenvalue weighted by Crippen LogP contribution is -2.61. The van der Waals surface area contributed by atoms with Crippen LogP contribution in [0.15, 0.2) is 29.1 Å². The molecule has 5 rings (SSSR count). The van der Waals surface area contributed by atoms with Crippen LogP contribution in [-0.2, 0) is 16.0 Å². The molecule has 0 spiro atoms. The predicted octanol–water partition coefficient (Wildman–Crippen LogP) is 2.11. The van der Waals surface area contributed by atoms with Crippen molar-refractivity contribution in [2.24, 2.45) is 11.8 Å². The molecular weight excluding hydrogens is 380 g/mol. The largest absolute Gasteiger partial charge is 0.342 e. The number of aromatic nitrogens is 2. The first kappa shape index (κ1) is 19.3. The Morgan fingerprint density at radius 2 is 2.03 bits per heavy atom. The molecule has 2 aromatic rings. The minimum Gasteiger partial charge on any atom is -0.342 e. The molecule has 1 N–H and O–H groups in total. The summed E-state index contributed by atoms with van der Waals surface area (Å²) >= 11 is 0. The SMILES string of the molecule is O=C(CCCc1nc2ccccc2c(=O)[nH]1)N1CC2CC(C1)C1CCCC(=O)N1C2.